The second-order valence-corrected chi connectivity index (χ2v) is 5.30. The number of ether oxygens (including phenoxy) is 1. The van der Waals surface area contributed by atoms with E-state index in [1.165, 1.54) is 6.08 Å². The van der Waals surface area contributed by atoms with Crippen LogP contribution in [0.3, 0.4) is 0 Å². The summed E-state index contributed by atoms with van der Waals surface area (Å²) in [7, 11) is 0. The first-order valence-electron chi connectivity index (χ1n) is 7.40. The standard InChI is InChI=1S/C17H22N2O4/c1-4-23-17(22)15(11(2)3)19-14(20)10-7-12-5-8-13(9-6-12)16(18)21/h5-11,15H,4H2,1-3H3,(H2,18,21)(H,19,20)/b10-7+. The van der Waals surface area contributed by atoms with Gasteiger partial charge in [-0.05, 0) is 36.6 Å². The lowest BCUT2D eigenvalue weighted by Gasteiger charge is -2.19. The minimum atomic E-state index is -0.690. The highest BCUT2D eigenvalue weighted by Gasteiger charge is 2.24. The number of rotatable bonds is 7. The van der Waals surface area contributed by atoms with Crippen LogP contribution in [0.1, 0.15) is 36.7 Å². The van der Waals surface area contributed by atoms with Gasteiger partial charge in [0.05, 0.1) is 6.61 Å². The van der Waals surface area contributed by atoms with Crippen LogP contribution < -0.4 is 11.1 Å². The largest absolute Gasteiger partial charge is 0.464 e. The Morgan fingerprint density at radius 1 is 1.22 bits per heavy atom. The van der Waals surface area contributed by atoms with Gasteiger partial charge < -0.3 is 15.8 Å². The topological polar surface area (TPSA) is 98.5 Å². The molecule has 1 atom stereocenters. The first kappa shape index (κ1) is 18.4. The Hall–Kier alpha value is -2.63. The Labute approximate surface area is 135 Å². The Morgan fingerprint density at radius 3 is 2.30 bits per heavy atom. The monoisotopic (exact) mass is 318 g/mol. The molecule has 0 aliphatic heterocycles. The molecular formula is C17H22N2O4. The molecule has 0 aliphatic carbocycles. The van der Waals surface area contributed by atoms with Crippen molar-refractivity contribution in [3.63, 3.8) is 0 Å². The molecule has 3 N–H and O–H groups in total. The summed E-state index contributed by atoms with van der Waals surface area (Å²) in [6.45, 7) is 5.63. The average Bonchev–Trinajstić information content (AvgIpc) is 2.50. The lowest BCUT2D eigenvalue weighted by Crippen LogP contribution is -2.44. The number of nitrogens with two attached hydrogens (primary N) is 1. The van der Waals surface area contributed by atoms with Gasteiger partial charge >= 0.3 is 5.97 Å². The van der Waals surface area contributed by atoms with E-state index in [-0.39, 0.29) is 12.5 Å². The van der Waals surface area contributed by atoms with Crippen LogP contribution in [0.4, 0.5) is 0 Å². The molecule has 2 amide bonds. The predicted molar refractivity (Wildman–Crippen MR) is 87.4 cm³/mol. The number of hydrogen-bond acceptors (Lipinski definition) is 4. The maximum absolute atomic E-state index is 11.9. The van der Waals surface area contributed by atoms with Crippen LogP contribution in [0.25, 0.3) is 6.08 Å². The zero-order valence-electron chi connectivity index (χ0n) is 13.5. The van der Waals surface area contributed by atoms with E-state index in [0.717, 1.165) is 5.56 Å². The van der Waals surface area contributed by atoms with Crippen molar-refractivity contribution in [2.45, 2.75) is 26.8 Å². The molecule has 6 heteroatoms. The molecule has 0 aliphatic rings. The van der Waals surface area contributed by atoms with E-state index in [1.807, 2.05) is 13.8 Å². The number of carbonyl (C=O) groups is 3. The van der Waals surface area contributed by atoms with Crippen molar-refractivity contribution < 1.29 is 19.1 Å². The summed E-state index contributed by atoms with van der Waals surface area (Å²) in [5, 5.41) is 2.63. The molecule has 0 fully saturated rings. The Bertz CT molecular complexity index is 591. The molecule has 0 bridgehead atoms. The lowest BCUT2D eigenvalue weighted by molar-refractivity contribution is -0.148. The molecule has 0 heterocycles. The fraction of sp³-hybridized carbons (Fsp3) is 0.353. The summed E-state index contributed by atoms with van der Waals surface area (Å²) in [5.41, 5.74) is 6.29. The van der Waals surface area contributed by atoms with Crippen molar-refractivity contribution in [1.29, 1.82) is 0 Å². The van der Waals surface area contributed by atoms with Crippen molar-refractivity contribution in [2.24, 2.45) is 11.7 Å². The fourth-order valence-electron chi connectivity index (χ4n) is 1.86. The molecule has 1 rings (SSSR count). The summed E-state index contributed by atoms with van der Waals surface area (Å²) in [4.78, 5) is 34.7. The van der Waals surface area contributed by atoms with Crippen LogP contribution in [-0.2, 0) is 14.3 Å². The Kier molecular flexibility index (Phi) is 6.99. The van der Waals surface area contributed by atoms with Gasteiger partial charge in [-0.25, -0.2) is 4.79 Å². The molecule has 0 saturated heterocycles. The van der Waals surface area contributed by atoms with Crippen LogP contribution in [-0.4, -0.2) is 30.4 Å². The van der Waals surface area contributed by atoms with E-state index in [2.05, 4.69) is 5.32 Å². The minimum absolute atomic E-state index is 0.0822. The zero-order valence-corrected chi connectivity index (χ0v) is 13.5. The van der Waals surface area contributed by atoms with Crippen molar-refractivity contribution in [3.05, 3.63) is 41.5 Å². The highest BCUT2D eigenvalue weighted by atomic mass is 16.5. The third-order valence-corrected chi connectivity index (χ3v) is 3.13. The summed E-state index contributed by atoms with van der Waals surface area (Å²) in [6.07, 6.45) is 2.91. The molecule has 1 aromatic carbocycles. The number of carbonyl (C=O) groups excluding carboxylic acids is 3. The molecule has 1 unspecified atom stereocenters. The first-order chi connectivity index (χ1) is 10.8. The molecule has 6 nitrogen and oxygen atoms in total. The van der Waals surface area contributed by atoms with Gasteiger partial charge in [0.1, 0.15) is 6.04 Å². The van der Waals surface area contributed by atoms with Crippen molar-refractivity contribution in [2.75, 3.05) is 6.61 Å². The first-order valence-corrected chi connectivity index (χ1v) is 7.40. The highest BCUT2D eigenvalue weighted by molar-refractivity contribution is 5.95. The SMILES string of the molecule is CCOC(=O)C(NC(=O)/C=C/c1ccc(C(N)=O)cc1)C(C)C. The molecule has 0 aromatic heterocycles. The number of primary amides is 1. The normalized spacial score (nSPS) is 12.2. The Balaban J connectivity index is 2.70. The van der Waals surface area contributed by atoms with E-state index >= 15 is 0 Å². The van der Waals surface area contributed by atoms with Gasteiger partial charge in [-0.1, -0.05) is 26.0 Å². The third kappa shape index (κ3) is 5.94. The van der Waals surface area contributed by atoms with E-state index < -0.39 is 23.8 Å². The van der Waals surface area contributed by atoms with Gasteiger partial charge in [0.25, 0.3) is 0 Å². The Morgan fingerprint density at radius 2 is 1.83 bits per heavy atom. The van der Waals surface area contributed by atoms with Crippen LogP contribution in [0.2, 0.25) is 0 Å². The van der Waals surface area contributed by atoms with Gasteiger partial charge in [0.15, 0.2) is 0 Å². The van der Waals surface area contributed by atoms with Gasteiger partial charge in [0.2, 0.25) is 11.8 Å². The van der Waals surface area contributed by atoms with Crippen molar-refractivity contribution >= 4 is 23.9 Å². The van der Waals surface area contributed by atoms with E-state index in [0.29, 0.717) is 5.56 Å². The van der Waals surface area contributed by atoms with E-state index in [4.69, 9.17) is 10.5 Å². The number of esters is 1. The second kappa shape index (κ2) is 8.73. The van der Waals surface area contributed by atoms with Gasteiger partial charge in [-0.3, -0.25) is 9.59 Å². The van der Waals surface area contributed by atoms with Crippen LogP contribution >= 0.6 is 0 Å². The van der Waals surface area contributed by atoms with Crippen LogP contribution in [0, 0.1) is 5.92 Å². The maximum atomic E-state index is 11.9. The average molecular weight is 318 g/mol. The van der Waals surface area contributed by atoms with E-state index in [9.17, 15) is 14.4 Å². The number of hydrogen-bond donors (Lipinski definition) is 2. The van der Waals surface area contributed by atoms with Crippen LogP contribution in [0.15, 0.2) is 30.3 Å². The molecule has 1 aromatic rings. The number of amides is 2. The second-order valence-electron chi connectivity index (χ2n) is 5.30. The summed E-state index contributed by atoms with van der Waals surface area (Å²) >= 11 is 0. The number of benzene rings is 1. The predicted octanol–water partition coefficient (Wildman–Crippen LogP) is 1.50. The summed E-state index contributed by atoms with van der Waals surface area (Å²) in [5.74, 6) is -1.43. The highest BCUT2D eigenvalue weighted by Crippen LogP contribution is 2.07. The fourth-order valence-corrected chi connectivity index (χ4v) is 1.86. The maximum Gasteiger partial charge on any atom is 0.328 e. The van der Waals surface area contributed by atoms with Gasteiger partial charge in [0, 0.05) is 11.6 Å². The molecule has 0 saturated carbocycles. The molecule has 0 radical (unpaired) electrons. The van der Waals surface area contributed by atoms with E-state index in [1.54, 1.807) is 37.3 Å². The summed E-state index contributed by atoms with van der Waals surface area (Å²) < 4.78 is 4.94. The summed E-state index contributed by atoms with van der Waals surface area (Å²) in [6, 6.07) is 5.82. The molecular weight excluding hydrogens is 296 g/mol. The minimum Gasteiger partial charge on any atom is -0.464 e. The number of nitrogens with one attached hydrogen (secondary N) is 1. The molecule has 0 spiro atoms. The lowest BCUT2D eigenvalue weighted by atomic mass is 10.0. The van der Waals surface area contributed by atoms with Gasteiger partial charge in [-0.15, -0.1) is 0 Å². The molecule has 23 heavy (non-hydrogen) atoms. The van der Waals surface area contributed by atoms with Gasteiger partial charge in [-0.2, -0.15) is 0 Å². The quantitative estimate of drug-likeness (QED) is 0.588. The third-order valence-electron chi connectivity index (χ3n) is 3.13. The smallest absolute Gasteiger partial charge is 0.328 e. The molecule has 124 valence electrons. The van der Waals surface area contributed by atoms with Crippen molar-refractivity contribution in [3.8, 4) is 0 Å². The zero-order chi connectivity index (χ0) is 17.4. The van der Waals surface area contributed by atoms with Crippen LogP contribution in [0.5, 0.6) is 0 Å². The van der Waals surface area contributed by atoms with Crippen molar-refractivity contribution in [1.82, 2.24) is 5.32 Å².